The first-order chi connectivity index (χ1) is 5.83. The molecule has 1 aliphatic carbocycles. The molecule has 0 aliphatic heterocycles. The normalized spacial score (nSPS) is 20.5. The van der Waals surface area contributed by atoms with Crippen LogP contribution in [-0.2, 0) is 0 Å². The highest BCUT2D eigenvalue weighted by atomic mass is 14.7. The van der Waals surface area contributed by atoms with Gasteiger partial charge in [-0.1, -0.05) is 31.6 Å². The van der Waals surface area contributed by atoms with Crippen molar-refractivity contribution in [3.63, 3.8) is 0 Å². The molecule has 0 radical (unpaired) electrons. The zero-order chi connectivity index (χ0) is 8.55. The molecule has 62 valence electrons. The minimum atomic E-state index is 0.534. The van der Waals surface area contributed by atoms with Crippen molar-refractivity contribution in [2.75, 3.05) is 0 Å². The van der Waals surface area contributed by atoms with Crippen LogP contribution in [0.15, 0.2) is 23.9 Å². The quantitative estimate of drug-likeness (QED) is 0.613. The molecule has 0 spiro atoms. The summed E-state index contributed by atoms with van der Waals surface area (Å²) in [6, 6.07) is 4.14. The van der Waals surface area contributed by atoms with Gasteiger partial charge < -0.3 is 0 Å². The van der Waals surface area contributed by atoms with Crippen LogP contribution >= 0.6 is 0 Å². The third-order valence-electron chi connectivity index (χ3n) is 2.59. The number of rotatable bonds is 1. The number of nitrogens with zero attached hydrogens (tertiary/aromatic N) is 1. The van der Waals surface area contributed by atoms with Crippen LogP contribution in [0.2, 0.25) is 0 Å². The Labute approximate surface area is 73.1 Å². The van der Waals surface area contributed by atoms with Gasteiger partial charge in [-0.15, -0.1) is 0 Å². The summed E-state index contributed by atoms with van der Waals surface area (Å²) in [5.41, 5.74) is 4.06. The summed E-state index contributed by atoms with van der Waals surface area (Å²) in [5.74, 6) is 0.534. The summed E-state index contributed by atoms with van der Waals surface area (Å²) < 4.78 is 0. The minimum absolute atomic E-state index is 0.534. The number of hydrogen-bond donors (Lipinski definition) is 0. The average Bonchev–Trinajstić information content (AvgIpc) is 2.44. The van der Waals surface area contributed by atoms with Crippen LogP contribution in [0, 0.1) is 0 Å². The molecule has 1 aliphatic rings. The van der Waals surface area contributed by atoms with Crippen LogP contribution in [0.1, 0.15) is 37.4 Å². The predicted molar refractivity (Wildman–Crippen MR) is 50.9 cm³/mol. The number of pyridine rings is 1. The molecule has 0 saturated heterocycles. The molecule has 0 bridgehead atoms. The molecule has 0 aromatic carbocycles. The first-order valence-electron chi connectivity index (χ1n) is 4.48. The highest BCUT2D eigenvalue weighted by Gasteiger charge is 2.20. The van der Waals surface area contributed by atoms with Crippen molar-refractivity contribution in [3.05, 3.63) is 35.2 Å². The van der Waals surface area contributed by atoms with Crippen molar-refractivity contribution >= 4 is 6.08 Å². The van der Waals surface area contributed by atoms with E-state index in [4.69, 9.17) is 0 Å². The molecule has 1 heteroatoms. The molecule has 1 heterocycles. The van der Waals surface area contributed by atoms with Gasteiger partial charge in [-0.2, -0.15) is 0 Å². The second-order valence-corrected chi connectivity index (χ2v) is 3.27. The molecule has 0 amide bonds. The fourth-order valence-corrected chi connectivity index (χ4v) is 1.82. The fourth-order valence-electron chi connectivity index (χ4n) is 1.82. The molecular formula is C11H13N. The summed E-state index contributed by atoms with van der Waals surface area (Å²) in [4.78, 5) is 4.39. The van der Waals surface area contributed by atoms with Crippen LogP contribution in [0.25, 0.3) is 6.08 Å². The Morgan fingerprint density at radius 1 is 1.50 bits per heavy atom. The molecular weight excluding hydrogens is 146 g/mol. The molecule has 12 heavy (non-hydrogen) atoms. The Morgan fingerprint density at radius 2 is 2.33 bits per heavy atom. The molecule has 1 unspecified atom stereocenters. The van der Waals surface area contributed by atoms with Crippen molar-refractivity contribution in [3.8, 4) is 0 Å². The monoisotopic (exact) mass is 159 g/mol. The van der Waals surface area contributed by atoms with Gasteiger partial charge >= 0.3 is 0 Å². The van der Waals surface area contributed by atoms with E-state index in [1.54, 1.807) is 0 Å². The van der Waals surface area contributed by atoms with Crippen molar-refractivity contribution in [2.24, 2.45) is 0 Å². The van der Waals surface area contributed by atoms with E-state index < -0.39 is 0 Å². The lowest BCUT2D eigenvalue weighted by Gasteiger charge is -2.06. The molecule has 1 aromatic rings. The van der Waals surface area contributed by atoms with Gasteiger partial charge in [0.1, 0.15) is 0 Å². The summed E-state index contributed by atoms with van der Waals surface area (Å²) in [5, 5.41) is 0. The van der Waals surface area contributed by atoms with Crippen LogP contribution in [0.4, 0.5) is 0 Å². The van der Waals surface area contributed by atoms with Gasteiger partial charge in [-0.3, -0.25) is 4.98 Å². The highest BCUT2D eigenvalue weighted by Crippen LogP contribution is 2.35. The van der Waals surface area contributed by atoms with E-state index in [2.05, 4.69) is 31.0 Å². The lowest BCUT2D eigenvalue weighted by Crippen LogP contribution is -1.94. The zero-order valence-electron chi connectivity index (χ0n) is 7.54. The van der Waals surface area contributed by atoms with Gasteiger partial charge in [0.2, 0.25) is 0 Å². The summed E-state index contributed by atoms with van der Waals surface area (Å²) >= 11 is 0. The highest BCUT2D eigenvalue weighted by molar-refractivity contribution is 5.63. The number of hydrogen-bond acceptors (Lipinski definition) is 1. The third-order valence-corrected chi connectivity index (χ3v) is 2.59. The smallest absolute Gasteiger partial charge is 0.0544 e. The van der Waals surface area contributed by atoms with E-state index >= 15 is 0 Å². The first kappa shape index (κ1) is 7.53. The van der Waals surface area contributed by atoms with Gasteiger partial charge in [-0.05, 0) is 18.1 Å². The largest absolute Gasteiger partial charge is 0.260 e. The Kier molecular flexibility index (Phi) is 1.72. The maximum atomic E-state index is 4.39. The van der Waals surface area contributed by atoms with Crippen LogP contribution in [-0.4, -0.2) is 4.98 Å². The van der Waals surface area contributed by atoms with Gasteiger partial charge in [0, 0.05) is 12.1 Å². The number of fused-ring (bicyclic) bond motifs is 1. The predicted octanol–water partition coefficient (Wildman–Crippen LogP) is 2.99. The summed E-state index contributed by atoms with van der Waals surface area (Å²) in [6.45, 7) is 4.43. The lowest BCUT2D eigenvalue weighted by molar-refractivity contribution is 0.831. The van der Waals surface area contributed by atoms with E-state index in [1.807, 2.05) is 12.3 Å². The molecule has 0 N–H and O–H groups in total. The van der Waals surface area contributed by atoms with Crippen LogP contribution in [0.5, 0.6) is 0 Å². The first-order valence-corrected chi connectivity index (χ1v) is 4.48. The summed E-state index contributed by atoms with van der Waals surface area (Å²) in [6.07, 6.45) is 5.28. The van der Waals surface area contributed by atoms with E-state index in [0.717, 1.165) is 6.42 Å². The van der Waals surface area contributed by atoms with Crippen molar-refractivity contribution in [1.82, 2.24) is 4.98 Å². The Hall–Kier alpha value is -1.11. The fraction of sp³-hybridized carbons (Fsp3) is 0.364. The molecule has 2 rings (SSSR count). The third kappa shape index (κ3) is 0.970. The van der Waals surface area contributed by atoms with Crippen LogP contribution < -0.4 is 0 Å². The number of aromatic nitrogens is 1. The minimum Gasteiger partial charge on any atom is -0.260 e. The topological polar surface area (TPSA) is 12.9 Å². The Morgan fingerprint density at radius 3 is 3.00 bits per heavy atom. The maximum Gasteiger partial charge on any atom is 0.0544 e. The van der Waals surface area contributed by atoms with Gasteiger partial charge in [0.25, 0.3) is 0 Å². The second kappa shape index (κ2) is 2.74. The lowest BCUT2D eigenvalue weighted by atomic mass is 10.0. The van der Waals surface area contributed by atoms with Crippen molar-refractivity contribution in [2.45, 2.75) is 26.2 Å². The molecule has 1 atom stereocenters. The Balaban J connectivity index is 2.47. The SMILES string of the molecule is CCC1=Cc2cccnc2C1C. The van der Waals surface area contributed by atoms with Gasteiger partial charge in [-0.25, -0.2) is 0 Å². The van der Waals surface area contributed by atoms with Crippen molar-refractivity contribution in [1.29, 1.82) is 0 Å². The maximum absolute atomic E-state index is 4.39. The molecule has 0 saturated carbocycles. The molecule has 0 fully saturated rings. The van der Waals surface area contributed by atoms with E-state index in [1.165, 1.54) is 16.8 Å². The average molecular weight is 159 g/mol. The molecule has 1 nitrogen and oxygen atoms in total. The van der Waals surface area contributed by atoms with Gasteiger partial charge in [0.15, 0.2) is 0 Å². The van der Waals surface area contributed by atoms with E-state index in [0.29, 0.717) is 5.92 Å². The van der Waals surface area contributed by atoms with E-state index in [9.17, 15) is 0 Å². The standard InChI is InChI=1S/C11H13N/c1-3-9-7-10-5-4-6-12-11(10)8(9)2/h4-8H,3H2,1-2H3. The van der Waals surface area contributed by atoms with Crippen molar-refractivity contribution < 1.29 is 0 Å². The van der Waals surface area contributed by atoms with Crippen LogP contribution in [0.3, 0.4) is 0 Å². The van der Waals surface area contributed by atoms with E-state index in [-0.39, 0.29) is 0 Å². The Bertz CT molecular complexity index is 326. The molecule has 1 aromatic heterocycles. The second-order valence-electron chi connectivity index (χ2n) is 3.27. The van der Waals surface area contributed by atoms with Gasteiger partial charge in [0.05, 0.1) is 5.69 Å². The summed E-state index contributed by atoms with van der Waals surface area (Å²) in [7, 11) is 0. The zero-order valence-corrected chi connectivity index (χ0v) is 7.54. The number of allylic oxidation sites excluding steroid dienone is 1.